The number of piperazine rings is 1. The van der Waals surface area contributed by atoms with E-state index in [0.29, 0.717) is 18.3 Å². The summed E-state index contributed by atoms with van der Waals surface area (Å²) in [5.41, 5.74) is 2.86. The van der Waals surface area contributed by atoms with E-state index in [9.17, 15) is 4.79 Å². The molecule has 24 heavy (non-hydrogen) atoms. The normalized spacial score (nSPS) is 15.8. The number of fused-ring (bicyclic) bond motifs is 1. The molecular formula is C17H26N6O. The summed E-state index contributed by atoms with van der Waals surface area (Å²) < 4.78 is 1.75. The standard InChI is InChI=1S/C17H26N6O/c1-12(2)9-16(24)22-7-5-21(6-8-22)15-10-14(13(3)4)20-23-11-18-19-17(15)23/h10-13H,5-9H2,1-4H3. The molecule has 1 fully saturated rings. The number of anilines is 1. The van der Waals surface area contributed by atoms with E-state index in [2.05, 4.69) is 54.0 Å². The maximum atomic E-state index is 12.2. The van der Waals surface area contributed by atoms with E-state index in [1.165, 1.54) is 0 Å². The second-order valence-corrected chi connectivity index (χ2v) is 7.17. The molecule has 0 unspecified atom stereocenters. The van der Waals surface area contributed by atoms with E-state index in [0.717, 1.165) is 43.2 Å². The Morgan fingerprint density at radius 2 is 1.88 bits per heavy atom. The van der Waals surface area contributed by atoms with E-state index in [4.69, 9.17) is 0 Å². The van der Waals surface area contributed by atoms with Crippen molar-refractivity contribution >= 4 is 17.2 Å². The first-order valence-electron chi connectivity index (χ1n) is 8.69. The van der Waals surface area contributed by atoms with Crippen molar-refractivity contribution in [3.8, 4) is 0 Å². The maximum Gasteiger partial charge on any atom is 0.222 e. The molecule has 2 aromatic heterocycles. The highest BCUT2D eigenvalue weighted by molar-refractivity contribution is 5.77. The summed E-state index contributed by atoms with van der Waals surface area (Å²) in [4.78, 5) is 16.5. The summed E-state index contributed by atoms with van der Waals surface area (Å²) >= 11 is 0. The predicted octanol–water partition coefficient (Wildman–Crippen LogP) is 1.94. The fourth-order valence-electron chi connectivity index (χ4n) is 3.02. The zero-order valence-electron chi connectivity index (χ0n) is 14.9. The van der Waals surface area contributed by atoms with Crippen molar-refractivity contribution < 1.29 is 4.79 Å². The van der Waals surface area contributed by atoms with Gasteiger partial charge in [-0.15, -0.1) is 10.2 Å². The van der Waals surface area contributed by atoms with Crippen molar-refractivity contribution in [2.75, 3.05) is 31.1 Å². The van der Waals surface area contributed by atoms with E-state index >= 15 is 0 Å². The zero-order chi connectivity index (χ0) is 17.3. The van der Waals surface area contributed by atoms with Crippen molar-refractivity contribution in [2.45, 2.75) is 40.0 Å². The summed E-state index contributed by atoms with van der Waals surface area (Å²) in [7, 11) is 0. The van der Waals surface area contributed by atoms with Gasteiger partial charge in [-0.1, -0.05) is 27.7 Å². The van der Waals surface area contributed by atoms with Crippen molar-refractivity contribution in [1.82, 2.24) is 24.7 Å². The van der Waals surface area contributed by atoms with Crippen LogP contribution in [0.25, 0.3) is 5.65 Å². The molecule has 0 saturated carbocycles. The zero-order valence-corrected chi connectivity index (χ0v) is 14.9. The number of hydrogen-bond acceptors (Lipinski definition) is 5. The summed E-state index contributed by atoms with van der Waals surface area (Å²) in [5, 5.41) is 12.8. The van der Waals surface area contributed by atoms with Crippen LogP contribution >= 0.6 is 0 Å². The second-order valence-electron chi connectivity index (χ2n) is 7.17. The molecule has 0 spiro atoms. The number of aromatic nitrogens is 4. The molecule has 1 aliphatic heterocycles. The number of carbonyl (C=O) groups excluding carboxylic acids is 1. The van der Waals surface area contributed by atoms with E-state index in [1.807, 2.05) is 4.90 Å². The molecule has 0 radical (unpaired) electrons. The van der Waals surface area contributed by atoms with Gasteiger partial charge in [0.1, 0.15) is 6.33 Å². The van der Waals surface area contributed by atoms with Crippen LogP contribution in [-0.4, -0.2) is 56.8 Å². The lowest BCUT2D eigenvalue weighted by molar-refractivity contribution is -0.132. The van der Waals surface area contributed by atoms with Crippen molar-refractivity contribution in [2.24, 2.45) is 5.92 Å². The lowest BCUT2D eigenvalue weighted by Gasteiger charge is -2.36. The van der Waals surface area contributed by atoms with Gasteiger partial charge in [0.25, 0.3) is 0 Å². The number of carbonyl (C=O) groups is 1. The molecule has 7 nitrogen and oxygen atoms in total. The monoisotopic (exact) mass is 330 g/mol. The molecular weight excluding hydrogens is 304 g/mol. The first-order chi connectivity index (χ1) is 11.5. The van der Waals surface area contributed by atoms with Crippen molar-refractivity contribution in [3.63, 3.8) is 0 Å². The maximum absolute atomic E-state index is 12.2. The highest BCUT2D eigenvalue weighted by atomic mass is 16.2. The first-order valence-corrected chi connectivity index (χ1v) is 8.69. The van der Waals surface area contributed by atoms with Crippen LogP contribution in [0.15, 0.2) is 12.4 Å². The molecule has 1 aliphatic rings. The molecule has 1 saturated heterocycles. The van der Waals surface area contributed by atoms with Gasteiger partial charge in [0, 0.05) is 32.6 Å². The topological polar surface area (TPSA) is 66.6 Å². The quantitative estimate of drug-likeness (QED) is 0.857. The largest absolute Gasteiger partial charge is 0.365 e. The third-order valence-corrected chi connectivity index (χ3v) is 4.41. The van der Waals surface area contributed by atoms with Gasteiger partial charge in [-0.3, -0.25) is 4.79 Å². The SMILES string of the molecule is CC(C)CC(=O)N1CCN(c2cc(C(C)C)nn3cnnc23)CC1. The number of hydrogen-bond donors (Lipinski definition) is 0. The number of rotatable bonds is 4. The summed E-state index contributed by atoms with van der Waals surface area (Å²) in [5.74, 6) is 0.999. The average Bonchev–Trinajstić information content (AvgIpc) is 3.01. The molecule has 0 bridgehead atoms. The Kier molecular flexibility index (Phi) is 4.69. The Morgan fingerprint density at radius 3 is 2.50 bits per heavy atom. The van der Waals surface area contributed by atoms with Gasteiger partial charge < -0.3 is 9.80 Å². The second kappa shape index (κ2) is 6.75. The molecule has 130 valence electrons. The Hall–Kier alpha value is -2.18. The highest BCUT2D eigenvalue weighted by Gasteiger charge is 2.24. The van der Waals surface area contributed by atoms with Gasteiger partial charge in [0.15, 0.2) is 0 Å². The molecule has 0 aromatic carbocycles. The highest BCUT2D eigenvalue weighted by Crippen LogP contribution is 2.25. The Labute approximate surface area is 142 Å². The molecule has 3 heterocycles. The van der Waals surface area contributed by atoms with Gasteiger partial charge in [-0.2, -0.15) is 9.61 Å². The van der Waals surface area contributed by atoms with Gasteiger partial charge in [-0.05, 0) is 17.9 Å². The molecule has 0 atom stereocenters. The van der Waals surface area contributed by atoms with Crippen LogP contribution in [0.2, 0.25) is 0 Å². The van der Waals surface area contributed by atoms with Crippen LogP contribution in [0.5, 0.6) is 0 Å². The minimum atomic E-state index is 0.259. The van der Waals surface area contributed by atoms with Crippen LogP contribution in [0.4, 0.5) is 5.69 Å². The minimum Gasteiger partial charge on any atom is -0.365 e. The van der Waals surface area contributed by atoms with Gasteiger partial charge >= 0.3 is 0 Å². The Morgan fingerprint density at radius 1 is 1.17 bits per heavy atom. The van der Waals surface area contributed by atoms with E-state index in [1.54, 1.807) is 10.8 Å². The summed E-state index contributed by atoms with van der Waals surface area (Å²) in [6.07, 6.45) is 2.27. The minimum absolute atomic E-state index is 0.259. The number of amides is 1. The van der Waals surface area contributed by atoms with Crippen molar-refractivity contribution in [1.29, 1.82) is 0 Å². The van der Waals surface area contributed by atoms with Crippen LogP contribution in [0, 0.1) is 5.92 Å². The van der Waals surface area contributed by atoms with Crippen LogP contribution in [0.3, 0.4) is 0 Å². The molecule has 2 aromatic rings. The Balaban J connectivity index is 1.78. The lowest BCUT2D eigenvalue weighted by atomic mass is 10.1. The smallest absolute Gasteiger partial charge is 0.222 e. The average molecular weight is 330 g/mol. The van der Waals surface area contributed by atoms with Crippen molar-refractivity contribution in [3.05, 3.63) is 18.1 Å². The third-order valence-electron chi connectivity index (χ3n) is 4.41. The third kappa shape index (κ3) is 3.34. The van der Waals surface area contributed by atoms with Gasteiger partial charge in [-0.25, -0.2) is 0 Å². The Bertz CT molecular complexity index is 715. The molecule has 1 amide bonds. The van der Waals surface area contributed by atoms with Crippen LogP contribution in [0.1, 0.15) is 45.7 Å². The molecule has 3 rings (SSSR count). The molecule has 0 N–H and O–H groups in total. The first kappa shape index (κ1) is 16.7. The fraction of sp³-hybridized carbons (Fsp3) is 0.647. The van der Waals surface area contributed by atoms with E-state index < -0.39 is 0 Å². The molecule has 7 heteroatoms. The van der Waals surface area contributed by atoms with Gasteiger partial charge in [0.2, 0.25) is 11.6 Å². The predicted molar refractivity (Wildman–Crippen MR) is 93.1 cm³/mol. The fourth-order valence-corrected chi connectivity index (χ4v) is 3.02. The molecule has 0 aliphatic carbocycles. The summed E-state index contributed by atoms with van der Waals surface area (Å²) in [6, 6.07) is 2.11. The lowest BCUT2D eigenvalue weighted by Crippen LogP contribution is -2.49. The van der Waals surface area contributed by atoms with Crippen LogP contribution in [-0.2, 0) is 4.79 Å². The van der Waals surface area contributed by atoms with Gasteiger partial charge in [0.05, 0.1) is 11.4 Å². The van der Waals surface area contributed by atoms with Crippen LogP contribution < -0.4 is 4.90 Å². The van der Waals surface area contributed by atoms with E-state index in [-0.39, 0.29) is 5.91 Å². The number of nitrogens with zero attached hydrogens (tertiary/aromatic N) is 6. The summed E-state index contributed by atoms with van der Waals surface area (Å²) in [6.45, 7) is 11.6.